The van der Waals surface area contributed by atoms with Crippen molar-refractivity contribution in [3.05, 3.63) is 48.6 Å². The van der Waals surface area contributed by atoms with Crippen LogP contribution in [0.25, 0.3) is 0 Å². The first-order valence-corrected chi connectivity index (χ1v) is 29.1. The maximum Gasteiger partial charge on any atom is 0.306 e. The normalized spacial score (nSPS) is 12.3. The minimum Gasteiger partial charge on any atom is -0.462 e. The van der Waals surface area contributed by atoms with Gasteiger partial charge in [-0.2, -0.15) is 0 Å². The van der Waals surface area contributed by atoms with Crippen molar-refractivity contribution in [2.75, 3.05) is 13.2 Å². The molecule has 0 spiro atoms. The third-order valence-electron chi connectivity index (χ3n) is 12.8. The Labute approximate surface area is 416 Å². The molecule has 67 heavy (non-hydrogen) atoms. The molecule has 0 N–H and O–H groups in total. The second-order valence-electron chi connectivity index (χ2n) is 19.5. The van der Waals surface area contributed by atoms with E-state index in [0.717, 1.165) is 96.3 Å². The second-order valence-corrected chi connectivity index (χ2v) is 19.5. The molecule has 0 aliphatic carbocycles. The number of allylic oxidation sites excluding steroid dienone is 8. The first-order chi connectivity index (χ1) is 33.0. The molecule has 0 saturated carbocycles. The standard InChI is InChI=1S/C61H110O6/c1-4-7-10-13-16-19-21-23-25-27-28-29-30-31-32-34-35-37-39-42-45-48-51-54-60(63)66-57-58(56-65-59(62)53-50-47-44-41-18-15-12-9-6-3)67-61(64)55-52-49-46-43-40-38-36-33-26-24-22-20-17-14-11-8-5-2/h8,11,17,20,24,26,36,38,58H,4-7,9-10,12-16,18-19,21-23,25,27-35,37,39-57H2,1-3H3/b11-8-,20-17-,26-24-,38-36-. The van der Waals surface area contributed by atoms with E-state index in [2.05, 4.69) is 69.4 Å². The summed E-state index contributed by atoms with van der Waals surface area (Å²) in [5, 5.41) is 0. The fourth-order valence-electron chi connectivity index (χ4n) is 8.49. The molecule has 6 heteroatoms. The van der Waals surface area contributed by atoms with E-state index >= 15 is 0 Å². The lowest BCUT2D eigenvalue weighted by Gasteiger charge is -2.18. The Morgan fingerprint density at radius 2 is 0.582 bits per heavy atom. The molecule has 0 aliphatic rings. The first-order valence-electron chi connectivity index (χ1n) is 29.1. The molecular weight excluding hydrogens is 829 g/mol. The minimum atomic E-state index is -0.781. The number of ether oxygens (including phenoxy) is 3. The number of hydrogen-bond donors (Lipinski definition) is 0. The van der Waals surface area contributed by atoms with E-state index in [1.165, 1.54) is 167 Å². The van der Waals surface area contributed by atoms with Gasteiger partial charge >= 0.3 is 17.9 Å². The highest BCUT2D eigenvalue weighted by atomic mass is 16.6. The van der Waals surface area contributed by atoms with E-state index in [4.69, 9.17) is 14.2 Å². The molecular formula is C61H110O6. The van der Waals surface area contributed by atoms with E-state index in [1.807, 2.05) is 0 Å². The fraction of sp³-hybridized carbons (Fsp3) is 0.820. The van der Waals surface area contributed by atoms with Crippen LogP contribution in [-0.4, -0.2) is 37.2 Å². The van der Waals surface area contributed by atoms with Crippen LogP contribution in [-0.2, 0) is 28.6 Å². The van der Waals surface area contributed by atoms with Gasteiger partial charge in [-0.05, 0) is 57.8 Å². The molecule has 0 bridgehead atoms. The van der Waals surface area contributed by atoms with Crippen LogP contribution in [0.4, 0.5) is 0 Å². The van der Waals surface area contributed by atoms with Crippen molar-refractivity contribution in [2.45, 2.75) is 309 Å². The van der Waals surface area contributed by atoms with Gasteiger partial charge in [-0.3, -0.25) is 14.4 Å². The molecule has 6 nitrogen and oxygen atoms in total. The summed E-state index contributed by atoms with van der Waals surface area (Å²) in [6, 6.07) is 0. The van der Waals surface area contributed by atoms with Gasteiger partial charge in [0.15, 0.2) is 6.10 Å². The highest BCUT2D eigenvalue weighted by Crippen LogP contribution is 2.17. The number of rotatable bonds is 53. The Balaban J connectivity index is 4.23. The van der Waals surface area contributed by atoms with Gasteiger partial charge in [-0.25, -0.2) is 0 Å². The average Bonchev–Trinajstić information content (AvgIpc) is 3.33. The Morgan fingerprint density at radius 3 is 0.910 bits per heavy atom. The molecule has 390 valence electrons. The Morgan fingerprint density at radius 1 is 0.313 bits per heavy atom. The van der Waals surface area contributed by atoms with Crippen LogP contribution >= 0.6 is 0 Å². The lowest BCUT2D eigenvalue weighted by atomic mass is 10.0. The molecule has 0 amide bonds. The highest BCUT2D eigenvalue weighted by molar-refractivity contribution is 5.71. The van der Waals surface area contributed by atoms with Gasteiger partial charge in [0.05, 0.1) is 0 Å². The molecule has 0 fully saturated rings. The molecule has 0 heterocycles. The Bertz CT molecular complexity index is 1170. The lowest BCUT2D eigenvalue weighted by molar-refractivity contribution is -0.167. The largest absolute Gasteiger partial charge is 0.462 e. The maximum absolute atomic E-state index is 12.8. The quantitative estimate of drug-likeness (QED) is 0.0262. The van der Waals surface area contributed by atoms with Gasteiger partial charge in [0.1, 0.15) is 13.2 Å². The third-order valence-corrected chi connectivity index (χ3v) is 12.8. The highest BCUT2D eigenvalue weighted by Gasteiger charge is 2.19. The van der Waals surface area contributed by atoms with Crippen molar-refractivity contribution >= 4 is 17.9 Å². The topological polar surface area (TPSA) is 78.9 Å². The zero-order valence-corrected chi connectivity index (χ0v) is 44.7. The predicted octanol–water partition coefficient (Wildman–Crippen LogP) is 19.4. The zero-order chi connectivity index (χ0) is 48.6. The number of carbonyl (C=O) groups is 3. The zero-order valence-electron chi connectivity index (χ0n) is 44.7. The minimum absolute atomic E-state index is 0.0793. The Hall–Kier alpha value is -2.63. The summed E-state index contributed by atoms with van der Waals surface area (Å²) in [6.07, 6.45) is 68.4. The Kier molecular flexibility index (Phi) is 53.8. The second kappa shape index (κ2) is 56.0. The predicted molar refractivity (Wildman–Crippen MR) is 289 cm³/mol. The van der Waals surface area contributed by atoms with Crippen molar-refractivity contribution < 1.29 is 28.6 Å². The molecule has 0 aromatic carbocycles. The van der Waals surface area contributed by atoms with E-state index in [1.54, 1.807) is 0 Å². The van der Waals surface area contributed by atoms with Crippen molar-refractivity contribution in [3.8, 4) is 0 Å². The smallest absolute Gasteiger partial charge is 0.306 e. The van der Waals surface area contributed by atoms with Gasteiger partial charge in [-0.1, -0.05) is 275 Å². The summed E-state index contributed by atoms with van der Waals surface area (Å²) in [6.45, 7) is 6.52. The van der Waals surface area contributed by atoms with Crippen LogP contribution in [0.3, 0.4) is 0 Å². The van der Waals surface area contributed by atoms with Crippen molar-refractivity contribution in [2.24, 2.45) is 0 Å². The van der Waals surface area contributed by atoms with E-state index in [-0.39, 0.29) is 31.1 Å². The number of hydrogen-bond acceptors (Lipinski definition) is 6. The van der Waals surface area contributed by atoms with Crippen molar-refractivity contribution in [3.63, 3.8) is 0 Å². The van der Waals surface area contributed by atoms with Gasteiger partial charge in [-0.15, -0.1) is 0 Å². The SMILES string of the molecule is CC/C=C\C/C=C\C/C=C\C/C=C\CCCCCCC(=O)OC(COC(=O)CCCCCCCCCCC)COC(=O)CCCCCCCCCCCCCCCCCCCCCCCCC. The van der Waals surface area contributed by atoms with E-state index in [0.29, 0.717) is 19.3 Å². The average molecular weight is 940 g/mol. The van der Waals surface area contributed by atoms with Crippen LogP contribution < -0.4 is 0 Å². The lowest BCUT2D eigenvalue weighted by Crippen LogP contribution is -2.30. The molecule has 0 aromatic rings. The van der Waals surface area contributed by atoms with Crippen molar-refractivity contribution in [1.29, 1.82) is 0 Å². The molecule has 0 aliphatic heterocycles. The monoisotopic (exact) mass is 939 g/mol. The summed E-state index contributed by atoms with van der Waals surface area (Å²) in [5.41, 5.74) is 0. The summed E-state index contributed by atoms with van der Waals surface area (Å²) in [5.74, 6) is -0.891. The first kappa shape index (κ1) is 64.4. The van der Waals surface area contributed by atoms with Gasteiger partial charge in [0.2, 0.25) is 0 Å². The molecule has 1 unspecified atom stereocenters. The van der Waals surface area contributed by atoms with Crippen LogP contribution in [0.15, 0.2) is 48.6 Å². The third kappa shape index (κ3) is 54.2. The van der Waals surface area contributed by atoms with Crippen LogP contribution in [0.5, 0.6) is 0 Å². The van der Waals surface area contributed by atoms with Gasteiger partial charge in [0, 0.05) is 19.3 Å². The van der Waals surface area contributed by atoms with Gasteiger partial charge < -0.3 is 14.2 Å². The maximum atomic E-state index is 12.8. The van der Waals surface area contributed by atoms with Crippen molar-refractivity contribution in [1.82, 2.24) is 0 Å². The van der Waals surface area contributed by atoms with Gasteiger partial charge in [0.25, 0.3) is 0 Å². The summed E-state index contributed by atoms with van der Waals surface area (Å²) in [4.78, 5) is 38.0. The number of esters is 3. The molecule has 0 rings (SSSR count). The molecule has 1 atom stereocenters. The van der Waals surface area contributed by atoms with Crippen LogP contribution in [0.1, 0.15) is 303 Å². The molecule has 0 aromatic heterocycles. The molecule has 0 radical (unpaired) electrons. The van der Waals surface area contributed by atoms with Crippen LogP contribution in [0, 0.1) is 0 Å². The summed E-state index contributed by atoms with van der Waals surface area (Å²) in [7, 11) is 0. The summed E-state index contributed by atoms with van der Waals surface area (Å²) >= 11 is 0. The number of carbonyl (C=O) groups excluding carboxylic acids is 3. The summed E-state index contributed by atoms with van der Waals surface area (Å²) < 4.78 is 16.8. The van der Waals surface area contributed by atoms with E-state index in [9.17, 15) is 14.4 Å². The molecule has 0 saturated heterocycles. The van der Waals surface area contributed by atoms with Crippen LogP contribution in [0.2, 0.25) is 0 Å². The fourth-order valence-corrected chi connectivity index (χ4v) is 8.49. The van der Waals surface area contributed by atoms with E-state index < -0.39 is 6.10 Å². The number of unbranched alkanes of at least 4 members (excludes halogenated alkanes) is 34.